The number of anilines is 1. The van der Waals surface area contributed by atoms with Gasteiger partial charge in [0.15, 0.2) is 0 Å². The quantitative estimate of drug-likeness (QED) is 0.725. The maximum absolute atomic E-state index is 12.7. The van der Waals surface area contributed by atoms with Crippen LogP contribution in [0.4, 0.5) is 5.69 Å². The van der Waals surface area contributed by atoms with E-state index in [0.29, 0.717) is 24.1 Å². The van der Waals surface area contributed by atoms with Crippen molar-refractivity contribution in [2.45, 2.75) is 23.1 Å². The van der Waals surface area contributed by atoms with E-state index >= 15 is 0 Å². The van der Waals surface area contributed by atoms with E-state index in [9.17, 15) is 8.42 Å². The van der Waals surface area contributed by atoms with Gasteiger partial charge in [0, 0.05) is 45.0 Å². The van der Waals surface area contributed by atoms with Gasteiger partial charge >= 0.3 is 0 Å². The van der Waals surface area contributed by atoms with Crippen molar-refractivity contribution in [2.24, 2.45) is 0 Å². The third-order valence-corrected chi connectivity index (χ3v) is 8.75. The van der Waals surface area contributed by atoms with Gasteiger partial charge in [0.25, 0.3) is 0 Å². The molecule has 0 saturated carbocycles. The summed E-state index contributed by atoms with van der Waals surface area (Å²) in [6.07, 6.45) is 2.20. The Labute approximate surface area is 181 Å². The standard InChI is InChI=1S/C20H26ClN3O3S2/c1-23-8-2-3-15-13-16(4-5-17(15)23)18(24-9-11-27-12-10-24)14-22-29(25,26)20-7-6-19(21)28-20/h4-7,13,18,22H,2-3,8-12,14H2,1H3/t18-/m1/s1. The normalized spacial score (nSPS) is 19.2. The van der Waals surface area contributed by atoms with Crippen molar-refractivity contribution in [3.8, 4) is 0 Å². The summed E-state index contributed by atoms with van der Waals surface area (Å²) < 4.78 is 34.5. The monoisotopic (exact) mass is 455 g/mol. The number of hydrogen-bond acceptors (Lipinski definition) is 6. The van der Waals surface area contributed by atoms with Gasteiger partial charge in [-0.1, -0.05) is 23.7 Å². The van der Waals surface area contributed by atoms with E-state index in [4.69, 9.17) is 16.3 Å². The van der Waals surface area contributed by atoms with Crippen LogP contribution in [0.2, 0.25) is 4.34 Å². The topological polar surface area (TPSA) is 61.9 Å². The van der Waals surface area contributed by atoms with Gasteiger partial charge in [-0.15, -0.1) is 11.3 Å². The van der Waals surface area contributed by atoms with E-state index in [1.54, 1.807) is 12.1 Å². The number of sulfonamides is 1. The van der Waals surface area contributed by atoms with E-state index in [0.717, 1.165) is 49.4 Å². The molecule has 1 aromatic carbocycles. The van der Waals surface area contributed by atoms with Crippen molar-refractivity contribution in [3.63, 3.8) is 0 Å². The van der Waals surface area contributed by atoms with Crippen LogP contribution in [-0.4, -0.2) is 59.8 Å². The summed E-state index contributed by atoms with van der Waals surface area (Å²) in [5, 5.41) is 0. The van der Waals surface area contributed by atoms with Crippen LogP contribution >= 0.6 is 22.9 Å². The molecular formula is C20H26ClN3O3S2. The van der Waals surface area contributed by atoms with Gasteiger partial charge in [-0.3, -0.25) is 4.90 Å². The van der Waals surface area contributed by atoms with Gasteiger partial charge in [-0.05, 0) is 42.2 Å². The third kappa shape index (κ3) is 4.78. The first kappa shape index (κ1) is 21.1. The molecule has 1 fully saturated rings. The fourth-order valence-electron chi connectivity index (χ4n) is 4.06. The molecule has 29 heavy (non-hydrogen) atoms. The van der Waals surface area contributed by atoms with Crippen LogP contribution in [0.15, 0.2) is 34.5 Å². The van der Waals surface area contributed by atoms with Crippen molar-refractivity contribution < 1.29 is 13.2 Å². The Morgan fingerprint density at radius 2 is 2.00 bits per heavy atom. The summed E-state index contributed by atoms with van der Waals surface area (Å²) in [7, 11) is -1.47. The highest BCUT2D eigenvalue weighted by Gasteiger charge is 2.27. The second kappa shape index (κ2) is 8.91. The number of hydrogen-bond donors (Lipinski definition) is 1. The Bertz CT molecular complexity index is 958. The molecule has 158 valence electrons. The highest BCUT2D eigenvalue weighted by Crippen LogP contribution is 2.31. The van der Waals surface area contributed by atoms with Gasteiger partial charge in [-0.2, -0.15) is 0 Å². The first-order valence-electron chi connectivity index (χ1n) is 9.85. The highest BCUT2D eigenvalue weighted by molar-refractivity contribution is 7.91. The molecule has 1 atom stereocenters. The van der Waals surface area contributed by atoms with Crippen LogP contribution in [0, 0.1) is 0 Å². The summed E-state index contributed by atoms with van der Waals surface area (Å²) in [4.78, 5) is 4.59. The van der Waals surface area contributed by atoms with Crippen molar-refractivity contribution in [1.82, 2.24) is 9.62 Å². The molecular weight excluding hydrogens is 430 g/mol. The lowest BCUT2D eigenvalue weighted by Gasteiger charge is -2.36. The lowest BCUT2D eigenvalue weighted by molar-refractivity contribution is 0.0172. The molecule has 2 aromatic rings. The largest absolute Gasteiger partial charge is 0.379 e. The van der Waals surface area contributed by atoms with E-state index in [1.807, 2.05) is 0 Å². The number of morpholine rings is 1. The summed E-state index contributed by atoms with van der Waals surface area (Å²) >= 11 is 7.00. The van der Waals surface area contributed by atoms with Crippen LogP contribution in [0.1, 0.15) is 23.6 Å². The Morgan fingerprint density at radius 3 is 2.72 bits per heavy atom. The molecule has 1 saturated heterocycles. The maximum atomic E-state index is 12.7. The molecule has 6 nitrogen and oxygen atoms in total. The van der Waals surface area contributed by atoms with Crippen molar-refractivity contribution in [3.05, 3.63) is 45.8 Å². The van der Waals surface area contributed by atoms with E-state index in [2.05, 4.69) is 39.8 Å². The van der Waals surface area contributed by atoms with Gasteiger partial charge in [0.05, 0.1) is 17.6 Å². The fraction of sp³-hybridized carbons (Fsp3) is 0.500. The molecule has 1 aromatic heterocycles. The fourth-order valence-corrected chi connectivity index (χ4v) is 6.63. The van der Waals surface area contributed by atoms with Crippen LogP contribution < -0.4 is 9.62 Å². The Kier molecular flexibility index (Phi) is 6.48. The zero-order valence-electron chi connectivity index (χ0n) is 16.4. The van der Waals surface area contributed by atoms with Crippen molar-refractivity contribution in [2.75, 3.05) is 51.3 Å². The van der Waals surface area contributed by atoms with Gasteiger partial charge < -0.3 is 9.64 Å². The van der Waals surface area contributed by atoms with Gasteiger partial charge in [-0.25, -0.2) is 13.1 Å². The molecule has 0 amide bonds. The summed E-state index contributed by atoms with van der Waals surface area (Å²) in [5.74, 6) is 0. The second-order valence-electron chi connectivity index (χ2n) is 7.49. The lowest BCUT2D eigenvalue weighted by atomic mass is 9.96. The number of thiophene rings is 1. The highest BCUT2D eigenvalue weighted by atomic mass is 35.5. The van der Waals surface area contributed by atoms with Gasteiger partial charge in [0.2, 0.25) is 10.0 Å². The number of fused-ring (bicyclic) bond motifs is 1. The number of benzene rings is 1. The second-order valence-corrected chi connectivity index (χ2v) is 11.2. The number of aryl methyl sites for hydroxylation is 1. The van der Waals surface area contributed by atoms with Crippen molar-refractivity contribution >= 4 is 38.6 Å². The van der Waals surface area contributed by atoms with E-state index in [-0.39, 0.29) is 10.3 Å². The van der Waals surface area contributed by atoms with Crippen LogP contribution in [0.5, 0.6) is 0 Å². The summed E-state index contributed by atoms with van der Waals surface area (Å²) in [5.41, 5.74) is 3.75. The van der Waals surface area contributed by atoms with Crippen LogP contribution in [0.3, 0.4) is 0 Å². The number of rotatable bonds is 6. The van der Waals surface area contributed by atoms with E-state index < -0.39 is 10.0 Å². The SMILES string of the molecule is CN1CCCc2cc([C@@H](CNS(=O)(=O)c3ccc(Cl)s3)N3CCOCC3)ccc21. The number of nitrogens with one attached hydrogen (secondary N) is 1. The van der Waals surface area contributed by atoms with Crippen LogP contribution in [-0.2, 0) is 21.2 Å². The minimum atomic E-state index is -3.59. The molecule has 0 spiro atoms. The van der Waals surface area contributed by atoms with Crippen LogP contribution in [0.25, 0.3) is 0 Å². The average Bonchev–Trinajstić information content (AvgIpc) is 3.16. The molecule has 0 radical (unpaired) electrons. The third-order valence-electron chi connectivity index (χ3n) is 5.61. The Balaban J connectivity index is 1.58. The smallest absolute Gasteiger partial charge is 0.250 e. The Morgan fingerprint density at radius 1 is 1.21 bits per heavy atom. The molecule has 0 aliphatic carbocycles. The molecule has 1 N–H and O–H groups in total. The molecule has 0 bridgehead atoms. The zero-order valence-corrected chi connectivity index (χ0v) is 18.8. The van der Waals surface area contributed by atoms with Crippen molar-refractivity contribution in [1.29, 1.82) is 0 Å². The molecule has 2 aliphatic heterocycles. The number of halogens is 1. The summed E-state index contributed by atoms with van der Waals surface area (Å²) in [6, 6.07) is 9.68. The number of ether oxygens (including phenoxy) is 1. The molecule has 0 unspecified atom stereocenters. The number of nitrogens with zero attached hydrogens (tertiary/aromatic N) is 2. The first-order valence-corrected chi connectivity index (χ1v) is 12.5. The predicted molar refractivity (Wildman–Crippen MR) is 118 cm³/mol. The zero-order chi connectivity index (χ0) is 20.4. The minimum Gasteiger partial charge on any atom is -0.379 e. The molecule has 2 aliphatic rings. The summed E-state index contributed by atoms with van der Waals surface area (Å²) in [6.45, 7) is 4.28. The predicted octanol–water partition coefficient (Wildman–Crippen LogP) is 3.14. The molecule has 4 rings (SSSR count). The molecule has 3 heterocycles. The lowest BCUT2D eigenvalue weighted by Crippen LogP contribution is -2.43. The Hall–Kier alpha value is -1.16. The van der Waals surface area contributed by atoms with E-state index in [1.165, 1.54) is 11.3 Å². The maximum Gasteiger partial charge on any atom is 0.250 e. The first-order chi connectivity index (χ1) is 13.9. The van der Waals surface area contributed by atoms with Gasteiger partial charge in [0.1, 0.15) is 4.21 Å². The molecule has 9 heteroatoms. The average molecular weight is 456 g/mol. The minimum absolute atomic E-state index is 0.0401.